The number of benzene rings is 2. The summed E-state index contributed by atoms with van der Waals surface area (Å²) in [5.41, 5.74) is 14.4. The number of ether oxygens (including phenoxy) is 1. The van der Waals surface area contributed by atoms with E-state index in [0.29, 0.717) is 23.1 Å². The maximum absolute atomic E-state index is 12.6. The van der Waals surface area contributed by atoms with E-state index in [1.807, 2.05) is 12.1 Å². The summed E-state index contributed by atoms with van der Waals surface area (Å²) in [4.78, 5) is 17.2. The summed E-state index contributed by atoms with van der Waals surface area (Å²) in [7, 11) is 4.24. The third-order valence-electron chi connectivity index (χ3n) is 5.25. The molecule has 1 aliphatic rings. The van der Waals surface area contributed by atoms with Crippen LogP contribution in [-0.4, -0.2) is 44.0 Å². The van der Waals surface area contributed by atoms with Gasteiger partial charge in [-0.05, 0) is 88.1 Å². The number of likely N-dealkylation sites (N-methyl/N-ethyl adjacent to an activating group) is 1. The maximum Gasteiger partial charge on any atom is 0.255 e. The van der Waals surface area contributed by atoms with Crippen LogP contribution in [0.4, 0.5) is 11.4 Å². The number of hydrogen-bond donors (Lipinski definition) is 3. The van der Waals surface area contributed by atoms with Crippen LogP contribution in [0.1, 0.15) is 23.7 Å². The summed E-state index contributed by atoms with van der Waals surface area (Å²) < 4.78 is 5.50. The fraction of sp³-hybridized carbons (Fsp3) is 0.292. The van der Waals surface area contributed by atoms with Gasteiger partial charge in [-0.15, -0.1) is 0 Å². The van der Waals surface area contributed by atoms with Crippen LogP contribution in [0.25, 0.3) is 0 Å². The standard InChI is InChI=1S/C24H31N5O2/c1-17(25)4-13-23(26)31-22-11-5-18(6-12-22)24(30)27-19-7-9-20(10-8-19)29-15-14-21(16-29)28(2)3/h4-13,21H,14-16,25-26H2,1-3H3,(H,27,30)/b17-4-,23-13+. The first-order valence-electron chi connectivity index (χ1n) is 10.3. The minimum atomic E-state index is -0.182. The number of allylic oxidation sites excluding steroid dienone is 3. The normalized spacial score (nSPS) is 17.2. The number of anilines is 2. The van der Waals surface area contributed by atoms with Gasteiger partial charge in [-0.25, -0.2) is 0 Å². The average Bonchev–Trinajstić information content (AvgIpc) is 3.24. The van der Waals surface area contributed by atoms with Crippen molar-refractivity contribution in [3.8, 4) is 5.75 Å². The number of hydrogen-bond acceptors (Lipinski definition) is 6. The number of nitrogens with zero attached hydrogens (tertiary/aromatic N) is 2. The lowest BCUT2D eigenvalue weighted by molar-refractivity contribution is 0.102. The van der Waals surface area contributed by atoms with Gasteiger partial charge in [0.25, 0.3) is 5.91 Å². The van der Waals surface area contributed by atoms with Crippen LogP contribution in [-0.2, 0) is 0 Å². The largest absolute Gasteiger partial charge is 0.442 e. The first-order chi connectivity index (χ1) is 14.8. The quantitative estimate of drug-likeness (QED) is 0.470. The molecule has 5 N–H and O–H groups in total. The van der Waals surface area contributed by atoms with Gasteiger partial charge in [0, 0.05) is 41.8 Å². The topological polar surface area (TPSA) is 96.8 Å². The molecule has 0 saturated carbocycles. The van der Waals surface area contributed by atoms with Gasteiger partial charge >= 0.3 is 0 Å². The molecule has 2 aromatic carbocycles. The third-order valence-corrected chi connectivity index (χ3v) is 5.25. The molecule has 1 saturated heterocycles. The number of carbonyl (C=O) groups excluding carboxylic acids is 1. The zero-order chi connectivity index (χ0) is 22.4. The van der Waals surface area contributed by atoms with Crippen molar-refractivity contribution in [3.05, 3.63) is 77.8 Å². The van der Waals surface area contributed by atoms with E-state index >= 15 is 0 Å². The predicted molar refractivity (Wildman–Crippen MR) is 126 cm³/mol. The summed E-state index contributed by atoms with van der Waals surface area (Å²) in [5.74, 6) is 0.578. The van der Waals surface area contributed by atoms with Crippen LogP contribution in [0.2, 0.25) is 0 Å². The molecule has 1 fully saturated rings. The molecular weight excluding hydrogens is 390 g/mol. The molecule has 0 spiro atoms. The second-order valence-electron chi connectivity index (χ2n) is 7.96. The Morgan fingerprint density at radius 1 is 1.10 bits per heavy atom. The molecule has 164 valence electrons. The minimum absolute atomic E-state index is 0.182. The minimum Gasteiger partial charge on any atom is -0.442 e. The predicted octanol–water partition coefficient (Wildman–Crippen LogP) is 3.12. The zero-order valence-corrected chi connectivity index (χ0v) is 18.3. The molecule has 7 heteroatoms. The van der Waals surface area contributed by atoms with Crippen LogP contribution >= 0.6 is 0 Å². The lowest BCUT2D eigenvalue weighted by atomic mass is 10.2. The lowest BCUT2D eigenvalue weighted by Crippen LogP contribution is -2.31. The first-order valence-corrected chi connectivity index (χ1v) is 10.3. The molecule has 31 heavy (non-hydrogen) atoms. The summed E-state index contributed by atoms with van der Waals surface area (Å²) >= 11 is 0. The van der Waals surface area contributed by atoms with E-state index in [0.717, 1.165) is 25.2 Å². The van der Waals surface area contributed by atoms with E-state index < -0.39 is 0 Å². The Labute approximate surface area is 184 Å². The SMILES string of the molecule is C/C(N)=C/C=C(\N)Oc1ccc(C(=O)Nc2ccc(N3CCC(N(C)C)C3)cc2)cc1. The fourth-order valence-corrected chi connectivity index (χ4v) is 3.41. The Hall–Kier alpha value is -3.45. The zero-order valence-electron chi connectivity index (χ0n) is 18.3. The smallest absolute Gasteiger partial charge is 0.255 e. The van der Waals surface area contributed by atoms with Crippen LogP contribution in [0.5, 0.6) is 5.75 Å². The van der Waals surface area contributed by atoms with Crippen molar-refractivity contribution in [1.82, 2.24) is 4.90 Å². The van der Waals surface area contributed by atoms with Crippen molar-refractivity contribution < 1.29 is 9.53 Å². The summed E-state index contributed by atoms with van der Waals surface area (Å²) in [6, 6.07) is 15.4. The summed E-state index contributed by atoms with van der Waals surface area (Å²) in [5, 5.41) is 2.93. The van der Waals surface area contributed by atoms with E-state index in [-0.39, 0.29) is 11.8 Å². The highest BCUT2D eigenvalue weighted by atomic mass is 16.5. The Balaban J connectivity index is 1.56. The van der Waals surface area contributed by atoms with Gasteiger partial charge in [-0.1, -0.05) is 0 Å². The van der Waals surface area contributed by atoms with Crippen molar-refractivity contribution in [2.75, 3.05) is 37.4 Å². The molecule has 0 bridgehead atoms. The van der Waals surface area contributed by atoms with E-state index in [1.54, 1.807) is 43.3 Å². The molecule has 1 amide bonds. The molecule has 0 aromatic heterocycles. The Morgan fingerprint density at radius 2 is 1.77 bits per heavy atom. The van der Waals surface area contributed by atoms with Crippen LogP contribution in [0.15, 0.2) is 72.3 Å². The molecular formula is C24H31N5O2. The fourth-order valence-electron chi connectivity index (χ4n) is 3.41. The van der Waals surface area contributed by atoms with E-state index in [2.05, 4.69) is 41.3 Å². The number of rotatable bonds is 7. The second kappa shape index (κ2) is 10.0. The van der Waals surface area contributed by atoms with E-state index in [4.69, 9.17) is 16.2 Å². The Morgan fingerprint density at radius 3 is 2.35 bits per heavy atom. The highest BCUT2D eigenvalue weighted by Gasteiger charge is 2.23. The Kier molecular flexibility index (Phi) is 7.20. The van der Waals surface area contributed by atoms with Crippen molar-refractivity contribution >= 4 is 17.3 Å². The van der Waals surface area contributed by atoms with Gasteiger partial charge < -0.3 is 31.3 Å². The number of amides is 1. The molecule has 1 atom stereocenters. The molecule has 3 rings (SSSR count). The second-order valence-corrected chi connectivity index (χ2v) is 7.96. The molecule has 7 nitrogen and oxygen atoms in total. The van der Waals surface area contributed by atoms with Gasteiger partial charge in [-0.2, -0.15) is 0 Å². The Bertz CT molecular complexity index is 945. The summed E-state index contributed by atoms with van der Waals surface area (Å²) in [6.07, 6.45) is 4.41. The number of nitrogens with two attached hydrogens (primary N) is 2. The lowest BCUT2D eigenvalue weighted by Gasteiger charge is -2.22. The van der Waals surface area contributed by atoms with Gasteiger partial charge in [0.2, 0.25) is 0 Å². The first kappa shape index (κ1) is 22.2. The molecule has 0 radical (unpaired) electrons. The molecule has 2 aromatic rings. The van der Waals surface area contributed by atoms with Gasteiger partial charge in [0.15, 0.2) is 5.88 Å². The van der Waals surface area contributed by atoms with Crippen molar-refractivity contribution in [2.45, 2.75) is 19.4 Å². The maximum atomic E-state index is 12.6. The van der Waals surface area contributed by atoms with Crippen molar-refractivity contribution in [2.24, 2.45) is 11.5 Å². The van der Waals surface area contributed by atoms with Crippen molar-refractivity contribution in [3.63, 3.8) is 0 Å². The van der Waals surface area contributed by atoms with Crippen LogP contribution < -0.4 is 26.4 Å². The third kappa shape index (κ3) is 6.26. The average molecular weight is 422 g/mol. The monoisotopic (exact) mass is 421 g/mol. The van der Waals surface area contributed by atoms with Crippen LogP contribution in [0.3, 0.4) is 0 Å². The number of nitrogens with one attached hydrogen (secondary N) is 1. The van der Waals surface area contributed by atoms with Crippen molar-refractivity contribution in [1.29, 1.82) is 0 Å². The van der Waals surface area contributed by atoms with E-state index in [9.17, 15) is 4.79 Å². The highest BCUT2D eigenvalue weighted by Crippen LogP contribution is 2.24. The summed E-state index contributed by atoms with van der Waals surface area (Å²) in [6.45, 7) is 3.83. The molecule has 1 aliphatic heterocycles. The molecule has 1 heterocycles. The van der Waals surface area contributed by atoms with Gasteiger partial charge in [0.1, 0.15) is 5.75 Å². The highest BCUT2D eigenvalue weighted by molar-refractivity contribution is 6.04. The van der Waals surface area contributed by atoms with E-state index in [1.165, 1.54) is 5.69 Å². The van der Waals surface area contributed by atoms with Gasteiger partial charge in [0.05, 0.1) is 0 Å². The molecule has 1 unspecified atom stereocenters. The number of carbonyl (C=O) groups is 1. The van der Waals surface area contributed by atoms with Crippen LogP contribution in [0, 0.1) is 0 Å². The molecule has 0 aliphatic carbocycles. The van der Waals surface area contributed by atoms with Gasteiger partial charge in [-0.3, -0.25) is 4.79 Å².